The summed E-state index contributed by atoms with van der Waals surface area (Å²) >= 11 is 0. The Morgan fingerprint density at radius 2 is 2.05 bits per heavy atom. The van der Waals surface area contributed by atoms with Crippen LogP contribution >= 0.6 is 0 Å². The average molecular weight is 290 g/mol. The van der Waals surface area contributed by atoms with Gasteiger partial charge in [0.15, 0.2) is 0 Å². The smallest absolute Gasteiger partial charge is 0.127 e. The molecule has 21 heavy (non-hydrogen) atoms. The number of nitrogens with one attached hydrogen (secondary N) is 1. The third-order valence-corrected chi connectivity index (χ3v) is 4.39. The molecule has 1 N–H and O–H groups in total. The number of fused-ring (bicyclic) bond motifs is 1. The van der Waals surface area contributed by atoms with E-state index in [2.05, 4.69) is 49.2 Å². The van der Waals surface area contributed by atoms with Gasteiger partial charge in [-0.2, -0.15) is 0 Å². The molecule has 0 bridgehead atoms. The number of hydrogen-bond acceptors (Lipinski definition) is 3. The minimum atomic E-state index is 0.401. The van der Waals surface area contributed by atoms with Crippen molar-refractivity contribution in [1.29, 1.82) is 0 Å². The molecule has 118 valence electrons. The van der Waals surface area contributed by atoms with Gasteiger partial charge in [0.1, 0.15) is 5.75 Å². The van der Waals surface area contributed by atoms with Crippen molar-refractivity contribution >= 4 is 0 Å². The monoisotopic (exact) mass is 290 g/mol. The maximum Gasteiger partial charge on any atom is 0.127 e. The Kier molecular flexibility index (Phi) is 6.52. The fraction of sp³-hybridized carbons (Fsp3) is 0.667. The molecular weight excluding hydrogens is 260 g/mol. The fourth-order valence-corrected chi connectivity index (χ4v) is 3.05. The Morgan fingerprint density at radius 1 is 1.24 bits per heavy atom. The SMILES string of the molecule is CCCNC(CCN(CC)CC)c1cccc2c1OCC2. The third kappa shape index (κ3) is 4.21. The van der Waals surface area contributed by atoms with Crippen molar-refractivity contribution < 1.29 is 4.74 Å². The highest BCUT2D eigenvalue weighted by molar-refractivity contribution is 5.45. The normalized spacial score (nSPS) is 15.0. The number of rotatable bonds is 9. The molecule has 1 heterocycles. The van der Waals surface area contributed by atoms with Gasteiger partial charge in [-0.1, -0.05) is 39.0 Å². The molecule has 0 fully saturated rings. The van der Waals surface area contributed by atoms with Gasteiger partial charge < -0.3 is 15.0 Å². The quantitative estimate of drug-likeness (QED) is 0.754. The highest BCUT2D eigenvalue weighted by Crippen LogP contribution is 2.34. The van der Waals surface area contributed by atoms with E-state index < -0.39 is 0 Å². The molecule has 1 aliphatic rings. The first kappa shape index (κ1) is 16.3. The van der Waals surface area contributed by atoms with E-state index in [-0.39, 0.29) is 0 Å². The summed E-state index contributed by atoms with van der Waals surface area (Å²) in [5.74, 6) is 1.14. The Labute approximate surface area is 129 Å². The van der Waals surface area contributed by atoms with Crippen LogP contribution in [0, 0.1) is 0 Å². The van der Waals surface area contributed by atoms with E-state index in [1.807, 2.05) is 0 Å². The lowest BCUT2D eigenvalue weighted by Crippen LogP contribution is -2.30. The zero-order valence-electron chi connectivity index (χ0n) is 13.8. The van der Waals surface area contributed by atoms with Gasteiger partial charge in [0, 0.05) is 18.0 Å². The Hall–Kier alpha value is -1.06. The fourth-order valence-electron chi connectivity index (χ4n) is 3.05. The number of ether oxygens (including phenoxy) is 1. The minimum absolute atomic E-state index is 0.401. The van der Waals surface area contributed by atoms with Crippen molar-refractivity contribution in [2.45, 2.75) is 46.1 Å². The molecule has 1 aromatic carbocycles. The Bertz CT molecular complexity index is 429. The van der Waals surface area contributed by atoms with Gasteiger partial charge in [0.2, 0.25) is 0 Å². The van der Waals surface area contributed by atoms with E-state index in [1.165, 1.54) is 11.1 Å². The summed E-state index contributed by atoms with van der Waals surface area (Å²) in [5, 5.41) is 3.71. The van der Waals surface area contributed by atoms with Gasteiger partial charge in [-0.3, -0.25) is 0 Å². The summed E-state index contributed by atoms with van der Waals surface area (Å²) in [7, 11) is 0. The highest BCUT2D eigenvalue weighted by atomic mass is 16.5. The molecule has 2 rings (SSSR count). The molecule has 1 atom stereocenters. The molecule has 0 saturated heterocycles. The van der Waals surface area contributed by atoms with E-state index in [9.17, 15) is 0 Å². The zero-order valence-corrected chi connectivity index (χ0v) is 13.8. The number of hydrogen-bond donors (Lipinski definition) is 1. The molecule has 3 nitrogen and oxygen atoms in total. The standard InChI is InChI=1S/C18H30N2O/c1-4-12-19-17(10-13-20(5-2)6-3)16-9-7-8-15-11-14-21-18(15)16/h7-9,17,19H,4-6,10-14H2,1-3H3. The third-order valence-electron chi connectivity index (χ3n) is 4.39. The largest absolute Gasteiger partial charge is 0.493 e. The van der Waals surface area contributed by atoms with Crippen molar-refractivity contribution in [3.63, 3.8) is 0 Å². The summed E-state index contributed by atoms with van der Waals surface area (Å²) < 4.78 is 5.90. The lowest BCUT2D eigenvalue weighted by atomic mass is 9.99. The average Bonchev–Trinajstić information content (AvgIpc) is 3.00. The van der Waals surface area contributed by atoms with Crippen molar-refractivity contribution in [3.05, 3.63) is 29.3 Å². The van der Waals surface area contributed by atoms with Crippen LogP contribution in [0.4, 0.5) is 0 Å². The maximum atomic E-state index is 5.90. The minimum Gasteiger partial charge on any atom is -0.493 e. The molecule has 1 aromatic rings. The molecule has 1 unspecified atom stereocenters. The van der Waals surface area contributed by atoms with Gasteiger partial charge in [0.05, 0.1) is 6.61 Å². The molecule has 1 aliphatic heterocycles. The highest BCUT2D eigenvalue weighted by Gasteiger charge is 2.22. The first-order valence-electron chi connectivity index (χ1n) is 8.50. The second-order valence-corrected chi connectivity index (χ2v) is 5.76. The molecule has 0 radical (unpaired) electrons. The molecule has 0 aliphatic carbocycles. The van der Waals surface area contributed by atoms with Crippen LogP contribution in [0.1, 0.15) is 50.8 Å². The van der Waals surface area contributed by atoms with Gasteiger partial charge in [-0.15, -0.1) is 0 Å². The van der Waals surface area contributed by atoms with E-state index in [0.29, 0.717) is 6.04 Å². The van der Waals surface area contributed by atoms with Crippen molar-refractivity contribution in [2.75, 3.05) is 32.8 Å². The van der Waals surface area contributed by atoms with Crippen molar-refractivity contribution in [1.82, 2.24) is 10.2 Å². The first-order valence-corrected chi connectivity index (χ1v) is 8.50. The van der Waals surface area contributed by atoms with Crippen LogP contribution in [0.3, 0.4) is 0 Å². The Morgan fingerprint density at radius 3 is 2.76 bits per heavy atom. The van der Waals surface area contributed by atoms with Crippen LogP contribution < -0.4 is 10.1 Å². The van der Waals surface area contributed by atoms with Crippen LogP contribution in [-0.4, -0.2) is 37.7 Å². The van der Waals surface area contributed by atoms with Crippen LogP contribution in [-0.2, 0) is 6.42 Å². The molecule has 0 saturated carbocycles. The summed E-state index contributed by atoms with van der Waals surface area (Å²) in [5.41, 5.74) is 2.73. The predicted octanol–water partition coefficient (Wildman–Crippen LogP) is 3.39. The predicted molar refractivity (Wildman–Crippen MR) is 89.1 cm³/mol. The summed E-state index contributed by atoms with van der Waals surface area (Å²) in [6.07, 6.45) is 3.36. The second-order valence-electron chi connectivity index (χ2n) is 5.76. The molecule has 0 aromatic heterocycles. The summed E-state index contributed by atoms with van der Waals surface area (Å²) in [6, 6.07) is 7.02. The number of para-hydroxylation sites is 1. The topological polar surface area (TPSA) is 24.5 Å². The van der Waals surface area contributed by atoms with Crippen LogP contribution in [0.5, 0.6) is 5.75 Å². The van der Waals surface area contributed by atoms with Crippen LogP contribution in [0.2, 0.25) is 0 Å². The summed E-state index contributed by atoms with van der Waals surface area (Å²) in [4.78, 5) is 2.49. The van der Waals surface area contributed by atoms with Crippen molar-refractivity contribution in [3.8, 4) is 5.75 Å². The van der Waals surface area contributed by atoms with Gasteiger partial charge in [-0.25, -0.2) is 0 Å². The van der Waals surface area contributed by atoms with Gasteiger partial charge in [-0.05, 0) is 44.6 Å². The second kappa shape index (κ2) is 8.40. The van der Waals surface area contributed by atoms with E-state index in [4.69, 9.17) is 4.74 Å². The van der Waals surface area contributed by atoms with Gasteiger partial charge in [0.25, 0.3) is 0 Å². The molecule has 3 heteroatoms. The van der Waals surface area contributed by atoms with Gasteiger partial charge >= 0.3 is 0 Å². The van der Waals surface area contributed by atoms with Crippen LogP contribution in [0.25, 0.3) is 0 Å². The Balaban J connectivity index is 2.10. The van der Waals surface area contributed by atoms with Crippen molar-refractivity contribution in [2.24, 2.45) is 0 Å². The van der Waals surface area contributed by atoms with E-state index in [1.54, 1.807) is 0 Å². The lowest BCUT2D eigenvalue weighted by molar-refractivity contribution is 0.279. The van der Waals surface area contributed by atoms with E-state index >= 15 is 0 Å². The molecule has 0 amide bonds. The lowest BCUT2D eigenvalue weighted by Gasteiger charge is -2.25. The first-order chi connectivity index (χ1) is 10.3. The molecule has 0 spiro atoms. The van der Waals surface area contributed by atoms with Crippen LogP contribution in [0.15, 0.2) is 18.2 Å². The number of nitrogens with zero attached hydrogens (tertiary/aromatic N) is 1. The number of benzene rings is 1. The zero-order chi connectivity index (χ0) is 15.1. The molecular formula is C18H30N2O. The summed E-state index contributed by atoms with van der Waals surface area (Å²) in [6.45, 7) is 12.0. The van der Waals surface area contributed by atoms with E-state index in [0.717, 1.165) is 57.8 Å². The maximum absolute atomic E-state index is 5.90.